The Labute approximate surface area is 168 Å². The van der Waals surface area contributed by atoms with Crippen LogP contribution >= 0.6 is 0 Å². The number of nitrogens with one attached hydrogen (secondary N) is 1. The summed E-state index contributed by atoms with van der Waals surface area (Å²) < 4.78 is 18.3. The molecule has 2 aliphatic rings. The minimum absolute atomic E-state index is 0.127. The molecule has 0 radical (unpaired) electrons. The van der Waals surface area contributed by atoms with E-state index in [1.165, 1.54) is 35.4 Å². The van der Waals surface area contributed by atoms with Crippen molar-refractivity contribution in [2.45, 2.75) is 37.8 Å². The second-order valence-electron chi connectivity index (χ2n) is 7.73. The lowest BCUT2D eigenvalue weighted by Crippen LogP contribution is -2.42. The fourth-order valence-electron chi connectivity index (χ4n) is 3.93. The molecule has 29 heavy (non-hydrogen) atoms. The summed E-state index contributed by atoms with van der Waals surface area (Å²) >= 11 is 0. The van der Waals surface area contributed by atoms with Gasteiger partial charge in [-0.3, -0.25) is 9.69 Å². The van der Waals surface area contributed by atoms with E-state index in [-0.39, 0.29) is 19.0 Å². The number of aliphatic hydroxyl groups excluding tert-OH is 1. The highest BCUT2D eigenvalue weighted by Crippen LogP contribution is 2.32. The molecule has 1 aliphatic carbocycles. The third-order valence-electron chi connectivity index (χ3n) is 5.60. The number of imide groups is 1. The molecule has 6 nitrogen and oxygen atoms in total. The quantitative estimate of drug-likeness (QED) is 0.733. The average Bonchev–Trinajstić information content (AvgIpc) is 3.26. The van der Waals surface area contributed by atoms with Crippen LogP contribution in [0, 0.1) is 5.82 Å². The van der Waals surface area contributed by atoms with E-state index >= 15 is 0 Å². The van der Waals surface area contributed by atoms with E-state index < -0.39 is 23.6 Å². The number of nitrogens with zero attached hydrogens (tertiary/aromatic N) is 1. The van der Waals surface area contributed by atoms with Gasteiger partial charge in [0.2, 0.25) is 0 Å². The molecule has 0 bridgehead atoms. The predicted octanol–water partition coefficient (Wildman–Crippen LogP) is 2.52. The summed E-state index contributed by atoms with van der Waals surface area (Å²) in [4.78, 5) is 26.5. The molecule has 2 N–H and O–H groups in total. The van der Waals surface area contributed by atoms with E-state index in [1.807, 2.05) is 18.2 Å². The summed E-state index contributed by atoms with van der Waals surface area (Å²) in [5.41, 5.74) is 2.10. The van der Waals surface area contributed by atoms with Gasteiger partial charge in [-0.1, -0.05) is 18.2 Å². The minimum atomic E-state index is -1.16. The zero-order valence-electron chi connectivity index (χ0n) is 16.2. The van der Waals surface area contributed by atoms with Gasteiger partial charge in [-0.2, -0.15) is 0 Å². The van der Waals surface area contributed by atoms with Crippen LogP contribution in [0.3, 0.4) is 0 Å². The third-order valence-corrected chi connectivity index (χ3v) is 5.60. The van der Waals surface area contributed by atoms with Gasteiger partial charge in [0.15, 0.2) is 0 Å². The summed E-state index contributed by atoms with van der Waals surface area (Å²) in [5.74, 6) is -0.394. The number of hydrogen-bond acceptors (Lipinski definition) is 4. The molecule has 152 valence electrons. The first-order valence-electron chi connectivity index (χ1n) is 9.69. The lowest BCUT2D eigenvalue weighted by Gasteiger charge is -2.24. The molecule has 0 saturated carbocycles. The van der Waals surface area contributed by atoms with Crippen molar-refractivity contribution in [1.82, 2.24) is 10.2 Å². The number of rotatable bonds is 6. The molecule has 0 spiro atoms. The molecule has 2 aromatic rings. The molecule has 3 amide bonds. The minimum Gasteiger partial charge on any atom is -0.491 e. The van der Waals surface area contributed by atoms with Crippen LogP contribution in [0.2, 0.25) is 0 Å². The number of hydrogen-bond donors (Lipinski definition) is 2. The SMILES string of the molecule is C[C@@]1(c2ccc3c(c2)CCC3)NC(=O)N(C[C@@H](O)COc2ccc(F)cc2)C1=O. The average molecular weight is 398 g/mol. The lowest BCUT2D eigenvalue weighted by atomic mass is 9.89. The Balaban J connectivity index is 1.43. The van der Waals surface area contributed by atoms with Gasteiger partial charge >= 0.3 is 6.03 Å². The monoisotopic (exact) mass is 398 g/mol. The fraction of sp³-hybridized carbons (Fsp3) is 0.364. The van der Waals surface area contributed by atoms with Crippen molar-refractivity contribution in [1.29, 1.82) is 0 Å². The van der Waals surface area contributed by atoms with E-state index in [0.29, 0.717) is 5.75 Å². The normalized spacial score (nSPS) is 21.8. The molecular weight excluding hydrogens is 375 g/mol. The molecule has 2 atom stereocenters. The molecule has 4 rings (SSSR count). The number of aliphatic hydroxyl groups is 1. The topological polar surface area (TPSA) is 78.9 Å². The largest absolute Gasteiger partial charge is 0.491 e. The number of carbonyl (C=O) groups excluding carboxylic acids is 2. The van der Waals surface area contributed by atoms with Crippen molar-refractivity contribution in [2.75, 3.05) is 13.2 Å². The van der Waals surface area contributed by atoms with E-state index in [2.05, 4.69) is 5.32 Å². The van der Waals surface area contributed by atoms with E-state index in [0.717, 1.165) is 29.7 Å². The maximum atomic E-state index is 13.0. The van der Waals surface area contributed by atoms with Gasteiger partial charge in [0.25, 0.3) is 5.91 Å². The highest BCUT2D eigenvalue weighted by Gasteiger charge is 2.49. The van der Waals surface area contributed by atoms with Crippen LogP contribution in [0.5, 0.6) is 5.75 Å². The van der Waals surface area contributed by atoms with Crippen LogP contribution in [0.25, 0.3) is 0 Å². The number of halogens is 1. The Morgan fingerprint density at radius 2 is 1.90 bits per heavy atom. The van der Waals surface area contributed by atoms with Crippen molar-refractivity contribution < 1.29 is 23.8 Å². The first-order chi connectivity index (χ1) is 13.9. The van der Waals surface area contributed by atoms with Gasteiger partial charge in [-0.25, -0.2) is 9.18 Å². The molecule has 0 aromatic heterocycles. The van der Waals surface area contributed by atoms with Gasteiger partial charge in [0, 0.05) is 0 Å². The van der Waals surface area contributed by atoms with Crippen molar-refractivity contribution in [3.63, 3.8) is 0 Å². The van der Waals surface area contributed by atoms with E-state index in [9.17, 15) is 19.1 Å². The number of ether oxygens (including phenoxy) is 1. The van der Waals surface area contributed by atoms with Gasteiger partial charge in [0.1, 0.15) is 29.8 Å². The van der Waals surface area contributed by atoms with Crippen LogP contribution in [-0.2, 0) is 23.2 Å². The number of carbonyl (C=O) groups is 2. The van der Waals surface area contributed by atoms with Crippen LogP contribution in [-0.4, -0.2) is 41.2 Å². The number of benzene rings is 2. The van der Waals surface area contributed by atoms with Crippen LogP contribution in [0.15, 0.2) is 42.5 Å². The summed E-state index contributed by atoms with van der Waals surface area (Å²) in [6.45, 7) is 1.37. The molecule has 1 saturated heterocycles. The zero-order chi connectivity index (χ0) is 20.6. The summed E-state index contributed by atoms with van der Waals surface area (Å²) in [6, 6.07) is 10.8. The maximum Gasteiger partial charge on any atom is 0.325 e. The van der Waals surface area contributed by atoms with Gasteiger partial charge < -0.3 is 15.2 Å². The second kappa shape index (κ2) is 7.48. The standard InChI is InChI=1S/C22H23FN2O4/c1-22(16-6-5-14-3-2-4-15(14)11-16)20(27)25(21(28)24-22)12-18(26)13-29-19-9-7-17(23)8-10-19/h5-11,18,26H,2-4,12-13H2,1H3,(H,24,28)/t18-,22+/m1/s1. The second-order valence-corrected chi connectivity index (χ2v) is 7.73. The Kier molecular flexibility index (Phi) is 5.00. The molecule has 2 aromatic carbocycles. The summed E-state index contributed by atoms with van der Waals surface area (Å²) in [6.07, 6.45) is 2.04. The lowest BCUT2D eigenvalue weighted by molar-refractivity contribution is -0.132. The highest BCUT2D eigenvalue weighted by atomic mass is 19.1. The molecule has 0 unspecified atom stereocenters. The first-order valence-corrected chi connectivity index (χ1v) is 9.69. The third kappa shape index (κ3) is 3.70. The number of β-amino-alcohol motifs (C(OH)–C–C–N with tert-alkyl or cyclic N) is 1. The highest BCUT2D eigenvalue weighted by molar-refractivity contribution is 6.07. The Hall–Kier alpha value is -2.93. The Morgan fingerprint density at radius 3 is 2.66 bits per heavy atom. The predicted molar refractivity (Wildman–Crippen MR) is 104 cm³/mol. The maximum absolute atomic E-state index is 13.0. The molecule has 1 fully saturated rings. The van der Waals surface area contributed by atoms with Crippen molar-refractivity contribution in [3.05, 3.63) is 65.0 Å². The number of aryl methyl sites for hydroxylation is 2. The van der Waals surface area contributed by atoms with E-state index in [4.69, 9.17) is 4.74 Å². The fourth-order valence-corrected chi connectivity index (χ4v) is 3.93. The molecule has 1 aliphatic heterocycles. The van der Waals surface area contributed by atoms with Gasteiger partial charge in [0.05, 0.1) is 6.54 Å². The van der Waals surface area contributed by atoms with Crippen LogP contribution < -0.4 is 10.1 Å². The Morgan fingerprint density at radius 1 is 1.17 bits per heavy atom. The van der Waals surface area contributed by atoms with Gasteiger partial charge in [-0.05, 0) is 67.1 Å². The van der Waals surface area contributed by atoms with Crippen molar-refractivity contribution in [3.8, 4) is 5.75 Å². The van der Waals surface area contributed by atoms with Gasteiger partial charge in [-0.15, -0.1) is 0 Å². The molecule has 1 heterocycles. The number of urea groups is 1. The van der Waals surface area contributed by atoms with Crippen molar-refractivity contribution in [2.24, 2.45) is 0 Å². The molecular formula is C22H23FN2O4. The number of amides is 3. The van der Waals surface area contributed by atoms with Crippen LogP contribution in [0.4, 0.5) is 9.18 Å². The van der Waals surface area contributed by atoms with E-state index in [1.54, 1.807) is 6.92 Å². The summed E-state index contributed by atoms with van der Waals surface area (Å²) in [5, 5.41) is 13.0. The van der Waals surface area contributed by atoms with Crippen LogP contribution in [0.1, 0.15) is 30.0 Å². The van der Waals surface area contributed by atoms with Crippen molar-refractivity contribution >= 4 is 11.9 Å². The number of fused-ring (bicyclic) bond motifs is 1. The summed E-state index contributed by atoms with van der Waals surface area (Å²) in [7, 11) is 0. The smallest absolute Gasteiger partial charge is 0.325 e. The zero-order valence-corrected chi connectivity index (χ0v) is 16.2. The Bertz CT molecular complexity index is 946. The molecule has 7 heteroatoms. The first kappa shape index (κ1) is 19.4.